The molecule has 2 nitrogen and oxygen atoms in total. The fraction of sp³-hybridized carbons (Fsp3) is 0.615. The lowest BCUT2D eigenvalue weighted by Crippen LogP contribution is -2.32. The Kier molecular flexibility index (Phi) is 5.57. The van der Waals surface area contributed by atoms with Gasteiger partial charge >= 0.3 is 0 Å². The lowest BCUT2D eigenvalue weighted by Gasteiger charge is -2.22. The third-order valence-corrected chi connectivity index (χ3v) is 6.97. The smallest absolute Gasteiger partial charge is 0.178 e. The predicted octanol–water partition coefficient (Wildman–Crippen LogP) is 4.67. The van der Waals surface area contributed by atoms with Crippen molar-refractivity contribution >= 4 is 60.7 Å². The van der Waals surface area contributed by atoms with Crippen LogP contribution in [0.4, 0.5) is 0 Å². The maximum atomic E-state index is 12.3. The molecule has 2 rings (SSSR count). The third kappa shape index (κ3) is 4.56. The molecule has 0 radical (unpaired) electrons. The van der Waals surface area contributed by atoms with Crippen molar-refractivity contribution < 1.29 is 4.79 Å². The van der Waals surface area contributed by atoms with Gasteiger partial charge in [0.25, 0.3) is 0 Å². The van der Waals surface area contributed by atoms with Crippen LogP contribution in [0.2, 0.25) is 0 Å². The molecule has 0 unspecified atom stereocenters. The Labute approximate surface area is 139 Å². The molecule has 0 atom stereocenters. The van der Waals surface area contributed by atoms with Crippen molar-refractivity contribution in [3.8, 4) is 0 Å². The van der Waals surface area contributed by atoms with Gasteiger partial charge in [0, 0.05) is 22.6 Å². The fourth-order valence-electron chi connectivity index (χ4n) is 2.04. The van der Waals surface area contributed by atoms with Crippen molar-refractivity contribution in [1.29, 1.82) is 0 Å². The highest BCUT2D eigenvalue weighted by molar-refractivity contribution is 9.12. The van der Waals surface area contributed by atoms with E-state index in [0.29, 0.717) is 11.3 Å². The molecule has 1 aliphatic heterocycles. The zero-order chi connectivity index (χ0) is 14.0. The monoisotopic (exact) mass is 425 g/mol. The number of halogens is 2. The molecule has 106 valence electrons. The van der Waals surface area contributed by atoms with Crippen molar-refractivity contribution in [2.75, 3.05) is 25.4 Å². The van der Waals surface area contributed by atoms with Crippen molar-refractivity contribution in [3.05, 3.63) is 19.2 Å². The molecule has 0 N–H and O–H groups in total. The first-order chi connectivity index (χ1) is 8.87. The summed E-state index contributed by atoms with van der Waals surface area (Å²) in [6.07, 6.45) is 1.14. The van der Waals surface area contributed by atoms with E-state index in [2.05, 4.69) is 50.6 Å². The number of thioether (sulfide) groups is 1. The Morgan fingerprint density at radius 2 is 2.16 bits per heavy atom. The summed E-state index contributed by atoms with van der Waals surface area (Å²) in [5.74, 6) is 1.31. The molecule has 0 aliphatic carbocycles. The Balaban J connectivity index is 1.97. The van der Waals surface area contributed by atoms with Crippen LogP contribution in [0.3, 0.4) is 0 Å². The highest BCUT2D eigenvalue weighted by Crippen LogP contribution is 2.33. The highest BCUT2D eigenvalue weighted by Gasteiger charge is 2.25. The van der Waals surface area contributed by atoms with Gasteiger partial charge in [0.05, 0.1) is 14.1 Å². The molecule has 0 bridgehead atoms. The molecular formula is C13H17Br2NOS2. The van der Waals surface area contributed by atoms with Crippen LogP contribution in [-0.2, 0) is 0 Å². The van der Waals surface area contributed by atoms with E-state index in [1.165, 1.54) is 0 Å². The number of hydrogen-bond donors (Lipinski definition) is 0. The van der Waals surface area contributed by atoms with E-state index in [0.717, 1.165) is 38.4 Å². The molecule has 1 saturated heterocycles. The second-order valence-electron chi connectivity index (χ2n) is 5.30. The van der Waals surface area contributed by atoms with E-state index in [-0.39, 0.29) is 5.78 Å². The minimum atomic E-state index is 0.207. The number of thiophene rings is 1. The molecule has 1 aromatic rings. The van der Waals surface area contributed by atoms with Crippen molar-refractivity contribution in [3.63, 3.8) is 0 Å². The van der Waals surface area contributed by atoms with Crippen LogP contribution in [0.15, 0.2) is 13.6 Å². The first-order valence-electron chi connectivity index (χ1n) is 6.22. The zero-order valence-electron chi connectivity index (χ0n) is 11.0. The lowest BCUT2D eigenvalue weighted by atomic mass is 10.1. The number of hydrogen-bond acceptors (Lipinski definition) is 4. The van der Waals surface area contributed by atoms with Gasteiger partial charge in [-0.15, -0.1) is 11.3 Å². The Morgan fingerprint density at radius 1 is 1.42 bits per heavy atom. The molecular weight excluding hydrogens is 410 g/mol. The highest BCUT2D eigenvalue weighted by atomic mass is 79.9. The average molecular weight is 427 g/mol. The van der Waals surface area contributed by atoms with E-state index >= 15 is 0 Å². The molecule has 0 spiro atoms. The van der Waals surface area contributed by atoms with Crippen molar-refractivity contribution in [1.82, 2.24) is 4.90 Å². The second kappa shape index (κ2) is 6.60. The van der Waals surface area contributed by atoms with E-state index in [1.54, 1.807) is 11.3 Å². The lowest BCUT2D eigenvalue weighted by molar-refractivity contribution is 0.0933. The van der Waals surface area contributed by atoms with Crippen LogP contribution < -0.4 is 0 Å². The van der Waals surface area contributed by atoms with E-state index in [1.807, 2.05) is 17.8 Å². The van der Waals surface area contributed by atoms with E-state index < -0.39 is 0 Å². The summed E-state index contributed by atoms with van der Waals surface area (Å²) in [6.45, 7) is 7.11. The predicted molar refractivity (Wildman–Crippen MR) is 91.6 cm³/mol. The van der Waals surface area contributed by atoms with Crippen molar-refractivity contribution in [2.24, 2.45) is 0 Å². The Bertz CT molecular complexity index is 473. The molecule has 19 heavy (non-hydrogen) atoms. The van der Waals surface area contributed by atoms with Gasteiger partial charge in [0.15, 0.2) is 5.78 Å². The normalized spacial score (nSPS) is 20.2. The molecule has 0 amide bonds. The number of Topliss-reactive ketones (excluding diaryl/α,β-unsaturated/α-hetero) is 1. The maximum Gasteiger partial charge on any atom is 0.178 e. The van der Waals surface area contributed by atoms with Gasteiger partial charge in [0.2, 0.25) is 0 Å². The molecule has 0 aromatic carbocycles. The third-order valence-electron chi connectivity index (χ3n) is 3.25. The number of carbonyl (C=O) groups is 1. The SMILES string of the molecule is CC1(C)CCN(CC(=O)c2cc(Br)sc2Br)CCS1. The fourth-order valence-corrected chi connectivity index (χ4v) is 6.03. The Morgan fingerprint density at radius 3 is 2.79 bits per heavy atom. The second-order valence-corrected chi connectivity index (χ2v) is 10.8. The zero-order valence-corrected chi connectivity index (χ0v) is 15.8. The average Bonchev–Trinajstić information content (AvgIpc) is 2.55. The first kappa shape index (κ1) is 16.0. The van der Waals surface area contributed by atoms with Gasteiger partial charge < -0.3 is 0 Å². The largest absolute Gasteiger partial charge is 0.295 e. The van der Waals surface area contributed by atoms with Crippen molar-refractivity contribution in [2.45, 2.75) is 25.0 Å². The van der Waals surface area contributed by atoms with Gasteiger partial charge in [-0.2, -0.15) is 11.8 Å². The van der Waals surface area contributed by atoms with Gasteiger partial charge in [-0.05, 0) is 50.9 Å². The van der Waals surface area contributed by atoms with Crippen LogP contribution >= 0.6 is 55.0 Å². The van der Waals surface area contributed by atoms with Gasteiger partial charge in [0.1, 0.15) is 0 Å². The first-order valence-corrected chi connectivity index (χ1v) is 9.60. The summed E-state index contributed by atoms with van der Waals surface area (Å²) >= 11 is 10.4. The summed E-state index contributed by atoms with van der Waals surface area (Å²) in [5, 5.41) is 0. The van der Waals surface area contributed by atoms with Gasteiger partial charge in [-0.3, -0.25) is 9.69 Å². The number of rotatable bonds is 3. The molecule has 6 heteroatoms. The van der Waals surface area contributed by atoms with Crippen LogP contribution in [0, 0.1) is 0 Å². The standard InChI is InChI=1S/C13H17Br2NOS2/c1-13(2)3-4-16(5-6-18-13)8-10(17)9-7-11(14)19-12(9)15/h7H,3-6,8H2,1-2H3. The van der Waals surface area contributed by atoms with E-state index in [4.69, 9.17) is 0 Å². The molecule has 1 fully saturated rings. The molecule has 1 aromatic heterocycles. The summed E-state index contributed by atoms with van der Waals surface area (Å²) in [7, 11) is 0. The topological polar surface area (TPSA) is 20.3 Å². The minimum absolute atomic E-state index is 0.207. The molecule has 2 heterocycles. The maximum absolute atomic E-state index is 12.3. The van der Waals surface area contributed by atoms with E-state index in [9.17, 15) is 4.79 Å². The van der Waals surface area contributed by atoms with Gasteiger partial charge in [-0.25, -0.2) is 0 Å². The number of nitrogens with zero attached hydrogens (tertiary/aromatic N) is 1. The van der Waals surface area contributed by atoms with Crippen LogP contribution in [0.25, 0.3) is 0 Å². The van der Waals surface area contributed by atoms with Crippen LogP contribution in [-0.4, -0.2) is 40.8 Å². The Hall–Kier alpha value is 0.640. The summed E-state index contributed by atoms with van der Waals surface area (Å²) in [4.78, 5) is 14.6. The minimum Gasteiger partial charge on any atom is -0.295 e. The summed E-state index contributed by atoms with van der Waals surface area (Å²) in [6, 6.07) is 1.91. The summed E-state index contributed by atoms with van der Waals surface area (Å²) < 4.78 is 2.26. The van der Waals surface area contributed by atoms with Crippen LogP contribution in [0.5, 0.6) is 0 Å². The number of ketones is 1. The number of carbonyl (C=O) groups excluding carboxylic acids is 1. The quantitative estimate of drug-likeness (QED) is 0.654. The van der Waals surface area contributed by atoms with Gasteiger partial charge in [-0.1, -0.05) is 13.8 Å². The summed E-state index contributed by atoms with van der Waals surface area (Å²) in [5.41, 5.74) is 0.799. The molecule has 1 aliphatic rings. The van der Waals surface area contributed by atoms with Crippen LogP contribution in [0.1, 0.15) is 30.6 Å². The molecule has 0 saturated carbocycles.